The van der Waals surface area contributed by atoms with Gasteiger partial charge in [-0.2, -0.15) is 5.10 Å². The Labute approximate surface area is 103 Å². The fourth-order valence-electron chi connectivity index (χ4n) is 1.93. The monoisotopic (exact) mass is 240 g/mol. The second-order valence-corrected chi connectivity index (χ2v) is 4.31. The molecule has 1 aromatic heterocycles. The molecule has 0 saturated carbocycles. The second-order valence-electron chi connectivity index (χ2n) is 4.31. The fraction of sp³-hybridized carbons (Fsp3) is 0.750. The molecule has 0 aliphatic carbocycles. The highest BCUT2D eigenvalue weighted by Crippen LogP contribution is 2.08. The summed E-state index contributed by atoms with van der Waals surface area (Å²) in [7, 11) is 1.97. The van der Waals surface area contributed by atoms with Crippen LogP contribution >= 0.6 is 0 Å². The number of aryl methyl sites for hydroxylation is 2. The van der Waals surface area contributed by atoms with E-state index in [4.69, 9.17) is 10.6 Å². The maximum absolute atomic E-state index is 5.57. The Kier molecular flexibility index (Phi) is 6.18. The summed E-state index contributed by atoms with van der Waals surface area (Å²) < 4.78 is 7.24. The number of nitrogens with two attached hydrogens (primary N) is 1. The molecule has 0 amide bonds. The molecule has 0 radical (unpaired) electrons. The van der Waals surface area contributed by atoms with Crippen LogP contribution in [0.15, 0.2) is 6.07 Å². The number of hydrazine groups is 1. The van der Waals surface area contributed by atoms with Crippen LogP contribution in [0.3, 0.4) is 0 Å². The van der Waals surface area contributed by atoms with E-state index < -0.39 is 0 Å². The minimum atomic E-state index is 0.283. The number of ether oxygens (including phenoxy) is 1. The topological polar surface area (TPSA) is 65.1 Å². The number of rotatable bonds is 8. The van der Waals surface area contributed by atoms with Crippen molar-refractivity contribution in [2.24, 2.45) is 12.9 Å². The van der Waals surface area contributed by atoms with Crippen molar-refractivity contribution in [2.75, 3.05) is 13.2 Å². The molecule has 5 nitrogen and oxygen atoms in total. The first-order valence-corrected chi connectivity index (χ1v) is 6.20. The Balaban J connectivity index is 2.38. The van der Waals surface area contributed by atoms with Gasteiger partial charge in [0, 0.05) is 38.4 Å². The molecule has 0 aromatic carbocycles. The van der Waals surface area contributed by atoms with Crippen molar-refractivity contribution < 1.29 is 4.74 Å². The number of hydrogen-bond acceptors (Lipinski definition) is 4. The molecule has 1 atom stereocenters. The van der Waals surface area contributed by atoms with Crippen molar-refractivity contribution in [2.45, 2.75) is 39.2 Å². The van der Waals surface area contributed by atoms with Gasteiger partial charge in [0.1, 0.15) is 0 Å². The van der Waals surface area contributed by atoms with E-state index in [0.29, 0.717) is 0 Å². The zero-order chi connectivity index (χ0) is 12.7. The van der Waals surface area contributed by atoms with Gasteiger partial charge >= 0.3 is 0 Å². The van der Waals surface area contributed by atoms with Gasteiger partial charge in [-0.25, -0.2) is 0 Å². The summed E-state index contributed by atoms with van der Waals surface area (Å²) >= 11 is 0. The van der Waals surface area contributed by atoms with Gasteiger partial charge in [0.25, 0.3) is 0 Å². The number of nitrogens with one attached hydrogen (secondary N) is 1. The predicted octanol–water partition coefficient (Wildman–Crippen LogP) is 0.920. The van der Waals surface area contributed by atoms with Crippen molar-refractivity contribution in [1.29, 1.82) is 0 Å². The van der Waals surface area contributed by atoms with Crippen molar-refractivity contribution in [3.05, 3.63) is 17.5 Å². The first kappa shape index (κ1) is 14.2. The zero-order valence-electron chi connectivity index (χ0n) is 11.1. The summed E-state index contributed by atoms with van der Waals surface area (Å²) in [5.41, 5.74) is 5.13. The van der Waals surface area contributed by atoms with Crippen LogP contribution in [0, 0.1) is 6.92 Å². The van der Waals surface area contributed by atoms with E-state index in [9.17, 15) is 0 Å². The van der Waals surface area contributed by atoms with Gasteiger partial charge in [-0.3, -0.25) is 16.0 Å². The molecule has 1 rings (SSSR count). The van der Waals surface area contributed by atoms with Crippen LogP contribution < -0.4 is 11.3 Å². The molecule has 98 valence electrons. The molecule has 0 aliphatic heterocycles. The van der Waals surface area contributed by atoms with E-state index in [1.165, 1.54) is 5.69 Å². The third-order valence-corrected chi connectivity index (χ3v) is 2.84. The van der Waals surface area contributed by atoms with E-state index in [1.807, 2.05) is 25.6 Å². The number of hydrogen-bond donors (Lipinski definition) is 2. The van der Waals surface area contributed by atoms with Crippen LogP contribution in [-0.2, 0) is 18.2 Å². The Hall–Kier alpha value is -0.910. The van der Waals surface area contributed by atoms with E-state index in [1.54, 1.807) is 0 Å². The highest BCUT2D eigenvalue weighted by molar-refractivity contribution is 5.09. The number of nitrogens with zero attached hydrogens (tertiary/aromatic N) is 2. The molecule has 1 aromatic rings. The highest BCUT2D eigenvalue weighted by atomic mass is 16.5. The lowest BCUT2D eigenvalue weighted by Crippen LogP contribution is -2.37. The molecule has 0 saturated heterocycles. The second kappa shape index (κ2) is 7.42. The van der Waals surface area contributed by atoms with E-state index >= 15 is 0 Å². The van der Waals surface area contributed by atoms with Gasteiger partial charge in [-0.1, -0.05) is 0 Å². The Morgan fingerprint density at radius 1 is 1.59 bits per heavy atom. The average Bonchev–Trinajstić information content (AvgIpc) is 2.61. The van der Waals surface area contributed by atoms with Gasteiger partial charge in [0.15, 0.2) is 0 Å². The molecule has 1 heterocycles. The van der Waals surface area contributed by atoms with Crippen molar-refractivity contribution >= 4 is 0 Å². The maximum Gasteiger partial charge on any atom is 0.0596 e. The van der Waals surface area contributed by atoms with Crippen LogP contribution in [0.25, 0.3) is 0 Å². The van der Waals surface area contributed by atoms with E-state index in [-0.39, 0.29) is 6.04 Å². The quantitative estimate of drug-likeness (QED) is 0.403. The Morgan fingerprint density at radius 2 is 2.35 bits per heavy atom. The molecular weight excluding hydrogens is 216 g/mol. The van der Waals surface area contributed by atoms with Crippen molar-refractivity contribution in [3.63, 3.8) is 0 Å². The molecule has 1 unspecified atom stereocenters. The molecule has 17 heavy (non-hydrogen) atoms. The normalized spacial score (nSPS) is 12.9. The summed E-state index contributed by atoms with van der Waals surface area (Å²) in [5.74, 6) is 5.57. The summed E-state index contributed by atoms with van der Waals surface area (Å²) in [6.45, 7) is 5.60. The lowest BCUT2D eigenvalue weighted by Gasteiger charge is -2.15. The summed E-state index contributed by atoms with van der Waals surface area (Å²) in [4.78, 5) is 0. The van der Waals surface area contributed by atoms with E-state index in [0.717, 1.165) is 38.2 Å². The van der Waals surface area contributed by atoms with Gasteiger partial charge in [-0.15, -0.1) is 0 Å². The number of aromatic nitrogens is 2. The minimum absolute atomic E-state index is 0.283. The van der Waals surface area contributed by atoms with Crippen molar-refractivity contribution in [1.82, 2.24) is 15.2 Å². The van der Waals surface area contributed by atoms with Crippen LogP contribution in [0.5, 0.6) is 0 Å². The van der Waals surface area contributed by atoms with Crippen LogP contribution in [0.1, 0.15) is 31.2 Å². The highest BCUT2D eigenvalue weighted by Gasteiger charge is 2.10. The van der Waals surface area contributed by atoms with Gasteiger partial charge in [-0.05, 0) is 32.8 Å². The fourth-order valence-corrected chi connectivity index (χ4v) is 1.93. The van der Waals surface area contributed by atoms with Gasteiger partial charge in [0.2, 0.25) is 0 Å². The minimum Gasteiger partial charge on any atom is -0.382 e. The molecule has 0 bridgehead atoms. The summed E-state index contributed by atoms with van der Waals surface area (Å²) in [5, 5.41) is 4.33. The Morgan fingerprint density at radius 3 is 2.88 bits per heavy atom. The largest absolute Gasteiger partial charge is 0.382 e. The third-order valence-electron chi connectivity index (χ3n) is 2.84. The molecule has 3 N–H and O–H groups in total. The van der Waals surface area contributed by atoms with Crippen LogP contribution in [-0.4, -0.2) is 29.0 Å². The van der Waals surface area contributed by atoms with Crippen LogP contribution in [0.2, 0.25) is 0 Å². The third kappa shape index (κ3) is 4.85. The summed E-state index contributed by atoms with van der Waals surface area (Å²) in [6, 6.07) is 2.39. The molecule has 0 aliphatic rings. The first-order chi connectivity index (χ1) is 8.17. The summed E-state index contributed by atoms with van der Waals surface area (Å²) in [6.07, 6.45) is 2.94. The average molecular weight is 240 g/mol. The Bertz CT molecular complexity index is 324. The lowest BCUT2D eigenvalue weighted by molar-refractivity contribution is 0.140. The zero-order valence-corrected chi connectivity index (χ0v) is 11.1. The molecule has 5 heteroatoms. The van der Waals surface area contributed by atoms with Gasteiger partial charge in [0.05, 0.1) is 5.69 Å². The van der Waals surface area contributed by atoms with Crippen LogP contribution in [0.4, 0.5) is 0 Å². The van der Waals surface area contributed by atoms with Crippen molar-refractivity contribution in [3.8, 4) is 0 Å². The van der Waals surface area contributed by atoms with E-state index in [2.05, 4.69) is 16.6 Å². The maximum atomic E-state index is 5.57. The van der Waals surface area contributed by atoms with Gasteiger partial charge < -0.3 is 4.74 Å². The predicted molar refractivity (Wildman–Crippen MR) is 68.5 cm³/mol. The lowest BCUT2D eigenvalue weighted by atomic mass is 10.1. The molecule has 0 fully saturated rings. The smallest absolute Gasteiger partial charge is 0.0596 e. The standard InChI is InChI=1S/C12H24N4O/c1-4-17-7-5-6-11(14-13)9-12-8-10(2)15-16(12)3/h8,11,14H,4-7,9,13H2,1-3H3. The SMILES string of the molecule is CCOCCCC(Cc1cc(C)nn1C)NN. The molecule has 0 spiro atoms. The first-order valence-electron chi connectivity index (χ1n) is 6.20. The molecular formula is C12H24N4O.